The number of hydrogen-bond donors (Lipinski definition) is 0. The lowest BCUT2D eigenvalue weighted by atomic mass is 10.0. The highest BCUT2D eigenvalue weighted by Crippen LogP contribution is 2.31. The minimum atomic E-state index is 0.570. The summed E-state index contributed by atoms with van der Waals surface area (Å²) in [4.78, 5) is 0. The largest absolute Gasteiger partial charge is 0.497 e. The van der Waals surface area contributed by atoms with E-state index < -0.39 is 0 Å². The van der Waals surface area contributed by atoms with Gasteiger partial charge in [-0.15, -0.1) is 10.2 Å². The summed E-state index contributed by atoms with van der Waals surface area (Å²) in [7, 11) is 1.65. The van der Waals surface area contributed by atoms with E-state index in [1.54, 1.807) is 7.11 Å². The van der Waals surface area contributed by atoms with Crippen molar-refractivity contribution in [3.05, 3.63) is 48.5 Å². The van der Waals surface area contributed by atoms with E-state index in [2.05, 4.69) is 10.2 Å². The third kappa shape index (κ3) is 2.52. The van der Waals surface area contributed by atoms with Gasteiger partial charge in [-0.3, -0.25) is 0 Å². The van der Waals surface area contributed by atoms with Gasteiger partial charge >= 0.3 is 0 Å². The first-order chi connectivity index (χ1) is 10.3. The third-order valence-electron chi connectivity index (χ3n) is 3.30. The van der Waals surface area contributed by atoms with Crippen LogP contribution in [0.1, 0.15) is 6.92 Å². The van der Waals surface area contributed by atoms with Crippen molar-refractivity contribution in [1.29, 1.82) is 0 Å². The molecule has 0 aliphatic rings. The van der Waals surface area contributed by atoms with E-state index in [4.69, 9.17) is 9.47 Å². The Bertz CT molecular complexity index is 754. The molecule has 0 amide bonds. The van der Waals surface area contributed by atoms with Gasteiger partial charge in [-0.25, -0.2) is 0 Å². The Morgan fingerprint density at radius 2 is 1.62 bits per heavy atom. The van der Waals surface area contributed by atoms with Gasteiger partial charge in [0.2, 0.25) is 5.88 Å². The predicted molar refractivity (Wildman–Crippen MR) is 82.7 cm³/mol. The molecule has 106 valence electrons. The average molecular weight is 280 g/mol. The monoisotopic (exact) mass is 280 g/mol. The summed E-state index contributed by atoms with van der Waals surface area (Å²) >= 11 is 0. The second kappa shape index (κ2) is 5.79. The molecule has 2 aromatic carbocycles. The molecular formula is C17H16N2O2. The molecule has 0 aliphatic carbocycles. The van der Waals surface area contributed by atoms with Gasteiger partial charge in [0.1, 0.15) is 11.4 Å². The summed E-state index contributed by atoms with van der Waals surface area (Å²) in [6.45, 7) is 2.51. The van der Waals surface area contributed by atoms with Crippen LogP contribution in [-0.4, -0.2) is 23.9 Å². The summed E-state index contributed by atoms with van der Waals surface area (Å²) in [5, 5.41) is 10.5. The second-order valence-corrected chi connectivity index (χ2v) is 4.56. The van der Waals surface area contributed by atoms with Crippen molar-refractivity contribution in [3.63, 3.8) is 0 Å². The number of nitrogens with zero attached hydrogens (tertiary/aromatic N) is 2. The minimum Gasteiger partial charge on any atom is -0.497 e. The molecular weight excluding hydrogens is 264 g/mol. The first-order valence-electron chi connectivity index (χ1n) is 6.86. The second-order valence-electron chi connectivity index (χ2n) is 4.56. The van der Waals surface area contributed by atoms with E-state index in [1.807, 2.05) is 55.5 Å². The summed E-state index contributed by atoms with van der Waals surface area (Å²) < 4.78 is 10.7. The van der Waals surface area contributed by atoms with Crippen LogP contribution in [0.4, 0.5) is 0 Å². The lowest BCUT2D eigenvalue weighted by Gasteiger charge is -2.09. The number of methoxy groups -OCH3 is 1. The van der Waals surface area contributed by atoms with Crippen LogP contribution in [0.15, 0.2) is 48.5 Å². The quantitative estimate of drug-likeness (QED) is 0.731. The Kier molecular flexibility index (Phi) is 3.69. The summed E-state index contributed by atoms with van der Waals surface area (Å²) in [5.41, 5.74) is 1.85. The lowest BCUT2D eigenvalue weighted by molar-refractivity contribution is 0.327. The maximum atomic E-state index is 5.55. The molecule has 3 aromatic rings. The Morgan fingerprint density at radius 1 is 0.905 bits per heavy atom. The van der Waals surface area contributed by atoms with Crippen LogP contribution < -0.4 is 9.47 Å². The van der Waals surface area contributed by atoms with Gasteiger partial charge < -0.3 is 9.47 Å². The van der Waals surface area contributed by atoms with E-state index in [0.29, 0.717) is 12.5 Å². The fraction of sp³-hybridized carbons (Fsp3) is 0.176. The molecule has 0 fully saturated rings. The van der Waals surface area contributed by atoms with Gasteiger partial charge in [0.25, 0.3) is 0 Å². The molecule has 0 bridgehead atoms. The number of rotatable bonds is 4. The fourth-order valence-corrected chi connectivity index (χ4v) is 2.28. The van der Waals surface area contributed by atoms with E-state index in [-0.39, 0.29) is 0 Å². The van der Waals surface area contributed by atoms with Crippen LogP contribution >= 0.6 is 0 Å². The Labute approximate surface area is 123 Å². The van der Waals surface area contributed by atoms with Crippen molar-refractivity contribution in [2.24, 2.45) is 0 Å². The number of benzene rings is 2. The number of aromatic nitrogens is 2. The molecule has 0 saturated heterocycles. The number of ether oxygens (including phenoxy) is 2. The van der Waals surface area contributed by atoms with Gasteiger partial charge in [-0.1, -0.05) is 18.2 Å². The molecule has 0 radical (unpaired) electrons. The van der Waals surface area contributed by atoms with Crippen LogP contribution in [-0.2, 0) is 0 Å². The average Bonchev–Trinajstić information content (AvgIpc) is 2.56. The minimum absolute atomic E-state index is 0.570. The van der Waals surface area contributed by atoms with Crippen molar-refractivity contribution in [3.8, 4) is 22.9 Å². The number of hydrogen-bond acceptors (Lipinski definition) is 4. The SMILES string of the molecule is CCOc1nnc(-c2ccc(OC)cc2)c2ccccc12. The highest BCUT2D eigenvalue weighted by molar-refractivity contribution is 5.96. The van der Waals surface area contributed by atoms with Crippen molar-refractivity contribution in [2.75, 3.05) is 13.7 Å². The Hall–Kier alpha value is -2.62. The molecule has 0 N–H and O–H groups in total. The first-order valence-corrected chi connectivity index (χ1v) is 6.86. The van der Waals surface area contributed by atoms with Gasteiger partial charge in [-0.05, 0) is 37.3 Å². The highest BCUT2D eigenvalue weighted by Gasteiger charge is 2.11. The zero-order chi connectivity index (χ0) is 14.7. The van der Waals surface area contributed by atoms with Crippen molar-refractivity contribution in [1.82, 2.24) is 10.2 Å². The Morgan fingerprint density at radius 3 is 2.29 bits per heavy atom. The highest BCUT2D eigenvalue weighted by atomic mass is 16.5. The molecule has 1 aromatic heterocycles. The Balaban J connectivity index is 2.16. The van der Waals surface area contributed by atoms with E-state index >= 15 is 0 Å². The van der Waals surface area contributed by atoms with Crippen molar-refractivity contribution in [2.45, 2.75) is 6.92 Å². The molecule has 3 rings (SSSR count). The molecule has 0 saturated carbocycles. The maximum absolute atomic E-state index is 5.55. The first kappa shape index (κ1) is 13.4. The van der Waals surface area contributed by atoms with Crippen LogP contribution in [0.25, 0.3) is 22.0 Å². The van der Waals surface area contributed by atoms with Gasteiger partial charge in [0.05, 0.1) is 13.7 Å². The zero-order valence-corrected chi connectivity index (χ0v) is 12.0. The molecule has 21 heavy (non-hydrogen) atoms. The summed E-state index contributed by atoms with van der Waals surface area (Å²) in [5.74, 6) is 1.40. The topological polar surface area (TPSA) is 44.2 Å². The zero-order valence-electron chi connectivity index (χ0n) is 12.0. The third-order valence-corrected chi connectivity index (χ3v) is 3.30. The maximum Gasteiger partial charge on any atom is 0.241 e. The predicted octanol–water partition coefficient (Wildman–Crippen LogP) is 3.70. The van der Waals surface area contributed by atoms with E-state index in [1.165, 1.54) is 0 Å². The molecule has 0 atom stereocenters. The van der Waals surface area contributed by atoms with Crippen LogP contribution in [0.2, 0.25) is 0 Å². The number of fused-ring (bicyclic) bond motifs is 1. The molecule has 0 aliphatic heterocycles. The lowest BCUT2D eigenvalue weighted by Crippen LogP contribution is -1.99. The molecule has 4 nitrogen and oxygen atoms in total. The van der Waals surface area contributed by atoms with Crippen molar-refractivity contribution >= 4 is 10.8 Å². The van der Waals surface area contributed by atoms with Crippen LogP contribution in [0.5, 0.6) is 11.6 Å². The summed E-state index contributed by atoms with van der Waals surface area (Å²) in [6.07, 6.45) is 0. The molecule has 0 unspecified atom stereocenters. The van der Waals surface area contributed by atoms with E-state index in [9.17, 15) is 0 Å². The van der Waals surface area contributed by atoms with Crippen LogP contribution in [0.3, 0.4) is 0 Å². The fourth-order valence-electron chi connectivity index (χ4n) is 2.28. The van der Waals surface area contributed by atoms with Gasteiger partial charge in [0.15, 0.2) is 0 Å². The summed E-state index contributed by atoms with van der Waals surface area (Å²) in [6, 6.07) is 15.8. The molecule has 4 heteroatoms. The van der Waals surface area contributed by atoms with Gasteiger partial charge in [0, 0.05) is 16.3 Å². The molecule has 0 spiro atoms. The van der Waals surface area contributed by atoms with Crippen LogP contribution in [0, 0.1) is 0 Å². The van der Waals surface area contributed by atoms with E-state index in [0.717, 1.165) is 27.8 Å². The standard InChI is InChI=1S/C17H16N2O2/c1-3-21-17-15-7-5-4-6-14(15)16(18-19-17)12-8-10-13(20-2)11-9-12/h4-11H,3H2,1-2H3. The smallest absolute Gasteiger partial charge is 0.241 e. The molecule has 1 heterocycles. The van der Waals surface area contributed by atoms with Gasteiger partial charge in [-0.2, -0.15) is 0 Å². The normalized spacial score (nSPS) is 10.6. The van der Waals surface area contributed by atoms with Crippen molar-refractivity contribution < 1.29 is 9.47 Å².